The lowest BCUT2D eigenvalue weighted by atomic mass is 10.2. The van der Waals surface area contributed by atoms with Crippen molar-refractivity contribution in [2.45, 2.75) is 38.9 Å². The van der Waals surface area contributed by atoms with Crippen LogP contribution in [0.1, 0.15) is 32.6 Å². The Morgan fingerprint density at radius 3 is 2.64 bits per heavy atom. The molecule has 0 saturated carbocycles. The Labute approximate surface area is 80.7 Å². The van der Waals surface area contributed by atoms with E-state index in [-0.39, 0.29) is 6.42 Å². The third-order valence-electron chi connectivity index (χ3n) is 1.48. The third kappa shape index (κ3) is 7.14. The van der Waals surface area contributed by atoms with Crippen LogP contribution in [0.25, 0.3) is 0 Å². The number of unbranched alkanes of at least 4 members (excludes halogenated alkanes) is 2. The van der Waals surface area contributed by atoms with Crippen LogP contribution in [0.15, 0.2) is 0 Å². The molecule has 0 fully saturated rings. The highest BCUT2D eigenvalue weighted by molar-refractivity contribution is 5.56. The zero-order valence-electron chi connectivity index (χ0n) is 7.84. The van der Waals surface area contributed by atoms with Crippen LogP contribution in [-0.2, 0) is 9.57 Å². The zero-order chi connectivity index (χ0) is 11.0. The first-order valence-corrected chi connectivity index (χ1v) is 4.27. The van der Waals surface area contributed by atoms with Crippen molar-refractivity contribution >= 4 is 6.16 Å². The number of carbonyl (C=O) groups is 1. The molecule has 0 saturated heterocycles. The maximum atomic E-state index is 10.1. The first kappa shape index (κ1) is 12.5. The van der Waals surface area contributed by atoms with E-state index in [0.29, 0.717) is 6.42 Å². The van der Waals surface area contributed by atoms with E-state index in [1.807, 2.05) is 6.92 Å². The van der Waals surface area contributed by atoms with Crippen molar-refractivity contribution in [2.24, 2.45) is 0 Å². The van der Waals surface area contributed by atoms with Gasteiger partial charge in [0.25, 0.3) is 11.4 Å². The predicted octanol–water partition coefficient (Wildman–Crippen LogP) is 1.80. The van der Waals surface area contributed by atoms with Crippen molar-refractivity contribution in [3.63, 3.8) is 0 Å². The molecule has 14 heavy (non-hydrogen) atoms. The molecule has 0 bridgehead atoms. The lowest BCUT2D eigenvalue weighted by Crippen LogP contribution is -2.23. The number of hydrogen-bond donors (Lipinski definition) is 1. The average Bonchev–Trinajstić information content (AvgIpc) is 2.02. The van der Waals surface area contributed by atoms with E-state index in [4.69, 9.17) is 5.11 Å². The maximum absolute atomic E-state index is 10.1. The highest BCUT2D eigenvalue weighted by Crippen LogP contribution is 2.08. The molecule has 1 N–H and O–H groups in total. The molecule has 0 spiro atoms. The first-order chi connectivity index (χ1) is 6.56. The molecule has 0 aliphatic carbocycles. The summed E-state index contributed by atoms with van der Waals surface area (Å²) in [6.45, 7) is 1.96. The minimum atomic E-state index is -1.58. The van der Waals surface area contributed by atoms with Gasteiger partial charge in [0.2, 0.25) is 0 Å². The van der Waals surface area contributed by atoms with Gasteiger partial charge in [-0.2, -0.15) is 0 Å². The fraction of sp³-hybridized carbons (Fsp3) is 0.857. The summed E-state index contributed by atoms with van der Waals surface area (Å²) in [6.07, 6.45) is -0.287. The van der Waals surface area contributed by atoms with Gasteiger partial charge in [-0.05, 0) is 6.42 Å². The van der Waals surface area contributed by atoms with Gasteiger partial charge in [-0.25, -0.2) is 4.79 Å². The molecule has 1 atom stereocenters. The van der Waals surface area contributed by atoms with Crippen molar-refractivity contribution in [3.8, 4) is 0 Å². The fourth-order valence-electron chi connectivity index (χ4n) is 0.903. The molecule has 0 aliphatic heterocycles. The highest BCUT2D eigenvalue weighted by Gasteiger charge is 2.16. The van der Waals surface area contributed by atoms with Gasteiger partial charge in [-0.3, -0.25) is 4.84 Å². The van der Waals surface area contributed by atoms with Crippen LogP contribution in [0.5, 0.6) is 0 Å². The average molecular weight is 207 g/mol. The quantitative estimate of drug-likeness (QED) is 0.224. The molecule has 0 amide bonds. The Morgan fingerprint density at radius 2 is 2.21 bits per heavy atom. The Bertz CT molecular complexity index is 179. The monoisotopic (exact) mass is 207 g/mol. The smallest absolute Gasteiger partial charge is 0.450 e. The topological polar surface area (TPSA) is 98.9 Å². The van der Waals surface area contributed by atoms with Gasteiger partial charge < -0.3 is 9.84 Å². The van der Waals surface area contributed by atoms with Gasteiger partial charge >= 0.3 is 6.16 Å². The predicted molar refractivity (Wildman–Crippen MR) is 45.1 cm³/mol. The lowest BCUT2D eigenvalue weighted by molar-refractivity contribution is -0.779. The summed E-state index contributed by atoms with van der Waals surface area (Å²) < 4.78 is 4.16. The molecule has 0 radical (unpaired) electrons. The van der Waals surface area contributed by atoms with Crippen LogP contribution in [-0.4, -0.2) is 22.6 Å². The van der Waals surface area contributed by atoms with E-state index >= 15 is 0 Å². The summed E-state index contributed by atoms with van der Waals surface area (Å²) in [7, 11) is 0. The molecule has 1 unspecified atom stereocenters. The van der Waals surface area contributed by atoms with E-state index in [2.05, 4.69) is 9.57 Å². The zero-order valence-corrected chi connectivity index (χ0v) is 7.84. The Balaban J connectivity index is 3.84. The van der Waals surface area contributed by atoms with Crippen LogP contribution in [0, 0.1) is 10.1 Å². The SMILES string of the molecule is CCCCCC(OC(=O)O)O[N+](=O)[O-]. The normalized spacial score (nSPS) is 11.8. The molecular formula is C7H13NO6. The Morgan fingerprint density at radius 1 is 1.57 bits per heavy atom. The van der Waals surface area contributed by atoms with Crippen molar-refractivity contribution in [2.75, 3.05) is 0 Å². The minimum Gasteiger partial charge on any atom is -0.450 e. The van der Waals surface area contributed by atoms with Crippen LogP contribution in [0.4, 0.5) is 4.79 Å². The van der Waals surface area contributed by atoms with Crippen LogP contribution in [0.3, 0.4) is 0 Å². The molecule has 0 aromatic carbocycles. The molecule has 0 rings (SSSR count). The Kier molecular flexibility index (Phi) is 6.17. The van der Waals surface area contributed by atoms with Gasteiger partial charge in [0.05, 0.1) is 0 Å². The maximum Gasteiger partial charge on any atom is 0.507 e. The second-order valence-electron chi connectivity index (χ2n) is 2.64. The third-order valence-corrected chi connectivity index (χ3v) is 1.48. The van der Waals surface area contributed by atoms with Crippen LogP contribution >= 0.6 is 0 Å². The molecule has 7 heteroatoms. The van der Waals surface area contributed by atoms with Crippen LogP contribution < -0.4 is 0 Å². The summed E-state index contributed by atoms with van der Waals surface area (Å²) >= 11 is 0. The number of hydrogen-bond acceptors (Lipinski definition) is 5. The van der Waals surface area contributed by atoms with E-state index in [9.17, 15) is 14.9 Å². The van der Waals surface area contributed by atoms with E-state index in [1.165, 1.54) is 0 Å². The first-order valence-electron chi connectivity index (χ1n) is 4.27. The van der Waals surface area contributed by atoms with Gasteiger partial charge in [0.15, 0.2) is 0 Å². The molecule has 0 aromatic rings. The second kappa shape index (κ2) is 6.93. The van der Waals surface area contributed by atoms with Crippen molar-refractivity contribution < 1.29 is 24.6 Å². The number of ether oxygens (including phenoxy) is 1. The summed E-state index contributed by atoms with van der Waals surface area (Å²) in [4.78, 5) is 24.1. The van der Waals surface area contributed by atoms with E-state index in [1.54, 1.807) is 0 Å². The lowest BCUT2D eigenvalue weighted by Gasteiger charge is -2.12. The molecular weight excluding hydrogens is 194 g/mol. The second-order valence-corrected chi connectivity index (χ2v) is 2.64. The summed E-state index contributed by atoms with van der Waals surface area (Å²) in [6, 6.07) is 0. The van der Waals surface area contributed by atoms with Gasteiger partial charge in [0.1, 0.15) is 0 Å². The standard InChI is InChI=1S/C7H13NO6/c1-2-3-4-5-6(13-7(9)10)14-8(11)12/h6H,2-5H2,1H3,(H,9,10). The van der Waals surface area contributed by atoms with Crippen molar-refractivity contribution in [1.82, 2.24) is 0 Å². The van der Waals surface area contributed by atoms with Crippen molar-refractivity contribution in [3.05, 3.63) is 10.1 Å². The van der Waals surface area contributed by atoms with Gasteiger partial charge in [-0.15, -0.1) is 10.1 Å². The minimum absolute atomic E-state index is 0.196. The number of nitrogens with zero attached hydrogens (tertiary/aromatic N) is 1. The van der Waals surface area contributed by atoms with E-state index in [0.717, 1.165) is 12.8 Å². The van der Waals surface area contributed by atoms with Crippen molar-refractivity contribution in [1.29, 1.82) is 0 Å². The number of rotatable bonds is 7. The largest absolute Gasteiger partial charge is 0.507 e. The fourth-order valence-corrected chi connectivity index (χ4v) is 0.903. The molecule has 0 heterocycles. The molecule has 7 nitrogen and oxygen atoms in total. The molecule has 82 valence electrons. The van der Waals surface area contributed by atoms with Gasteiger partial charge in [-0.1, -0.05) is 19.8 Å². The Hall–Kier alpha value is -1.53. The highest BCUT2D eigenvalue weighted by atomic mass is 17.0. The van der Waals surface area contributed by atoms with Gasteiger partial charge in [0, 0.05) is 6.42 Å². The molecule has 0 aromatic heterocycles. The van der Waals surface area contributed by atoms with E-state index < -0.39 is 17.5 Å². The summed E-state index contributed by atoms with van der Waals surface area (Å²) in [5.41, 5.74) is 0. The summed E-state index contributed by atoms with van der Waals surface area (Å²) in [5.74, 6) is 0. The van der Waals surface area contributed by atoms with Crippen LogP contribution in [0.2, 0.25) is 0 Å². The molecule has 0 aliphatic rings. The number of carboxylic acid groups (broad SMARTS) is 1. The summed E-state index contributed by atoms with van der Waals surface area (Å²) in [5, 5.41) is 17.1.